The van der Waals surface area contributed by atoms with Gasteiger partial charge in [0.2, 0.25) is 0 Å². The first-order valence-electron chi connectivity index (χ1n) is 11.1. The van der Waals surface area contributed by atoms with Gasteiger partial charge in [0, 0.05) is 17.0 Å². The molecule has 0 aliphatic heterocycles. The molecule has 0 saturated heterocycles. The molecule has 1 N–H and O–H groups in total. The molecular formula is C28H28N2O2. The Labute approximate surface area is 189 Å². The fraction of sp³-hybridized carbons (Fsp3) is 0.214. The topological polar surface area (TPSA) is 51.2 Å². The van der Waals surface area contributed by atoms with E-state index in [1.807, 2.05) is 79.7 Å². The highest BCUT2D eigenvalue weighted by Gasteiger charge is 2.16. The highest BCUT2D eigenvalue weighted by Crippen LogP contribution is 2.26. The number of hydrogen-bond donors (Lipinski definition) is 1. The predicted molar refractivity (Wildman–Crippen MR) is 130 cm³/mol. The third-order valence-electron chi connectivity index (χ3n) is 5.51. The van der Waals surface area contributed by atoms with Crippen molar-refractivity contribution in [2.24, 2.45) is 0 Å². The highest BCUT2D eigenvalue weighted by molar-refractivity contribution is 6.07. The molecular weight excluding hydrogens is 396 g/mol. The van der Waals surface area contributed by atoms with Crippen LogP contribution in [-0.2, 0) is 6.42 Å². The van der Waals surface area contributed by atoms with Crippen LogP contribution in [0.5, 0.6) is 5.75 Å². The van der Waals surface area contributed by atoms with Crippen LogP contribution in [0.2, 0.25) is 0 Å². The summed E-state index contributed by atoms with van der Waals surface area (Å²) in [4.78, 5) is 18.0. The van der Waals surface area contributed by atoms with E-state index in [2.05, 4.69) is 24.4 Å². The van der Waals surface area contributed by atoms with Gasteiger partial charge in [0.15, 0.2) is 0 Å². The molecule has 4 rings (SSSR count). The number of nitrogens with one attached hydrogen (secondary N) is 1. The van der Waals surface area contributed by atoms with E-state index in [0.717, 1.165) is 40.8 Å². The van der Waals surface area contributed by atoms with Crippen LogP contribution in [0.1, 0.15) is 36.2 Å². The third-order valence-corrected chi connectivity index (χ3v) is 5.51. The molecule has 4 nitrogen and oxygen atoms in total. The second-order valence-corrected chi connectivity index (χ2v) is 7.93. The minimum atomic E-state index is -0.0728. The molecule has 0 radical (unpaired) electrons. The first-order chi connectivity index (χ1) is 15.6. The summed E-state index contributed by atoms with van der Waals surface area (Å²) in [5.41, 5.74) is 4.45. The Hall–Kier alpha value is -3.66. The second kappa shape index (κ2) is 10.1. The molecule has 1 amide bonds. The minimum absolute atomic E-state index is 0.0589. The lowest BCUT2D eigenvalue weighted by Crippen LogP contribution is -2.33. The molecule has 1 aromatic heterocycles. The van der Waals surface area contributed by atoms with Crippen molar-refractivity contribution in [3.05, 3.63) is 96.1 Å². The van der Waals surface area contributed by atoms with Gasteiger partial charge < -0.3 is 10.1 Å². The molecule has 162 valence electrons. The molecule has 1 unspecified atom stereocenters. The number of aromatic nitrogens is 1. The monoisotopic (exact) mass is 424 g/mol. The molecule has 4 heteroatoms. The number of carbonyl (C=O) groups is 1. The van der Waals surface area contributed by atoms with Crippen LogP contribution in [0, 0.1) is 0 Å². The number of ether oxygens (including phenoxy) is 1. The van der Waals surface area contributed by atoms with Gasteiger partial charge in [-0.2, -0.15) is 0 Å². The number of nitrogens with zero attached hydrogens (tertiary/aromatic N) is 1. The van der Waals surface area contributed by atoms with E-state index in [-0.39, 0.29) is 11.9 Å². The smallest absolute Gasteiger partial charge is 0.252 e. The first-order valence-corrected chi connectivity index (χ1v) is 11.1. The van der Waals surface area contributed by atoms with Crippen LogP contribution in [0.3, 0.4) is 0 Å². The molecule has 1 heterocycles. The zero-order valence-electron chi connectivity index (χ0n) is 18.5. The van der Waals surface area contributed by atoms with Gasteiger partial charge in [-0.15, -0.1) is 0 Å². The van der Waals surface area contributed by atoms with Gasteiger partial charge in [0.05, 0.1) is 23.4 Å². The van der Waals surface area contributed by atoms with Crippen molar-refractivity contribution in [3.8, 4) is 17.0 Å². The number of rotatable bonds is 8. The van der Waals surface area contributed by atoms with E-state index in [4.69, 9.17) is 9.72 Å². The molecule has 0 fully saturated rings. The summed E-state index contributed by atoms with van der Waals surface area (Å²) in [5, 5.41) is 4.03. The SMILES string of the molecule is CCOc1ccc(-c2cc(C(=O)NC(C)CCc3ccccc3)c3ccccc3n2)cc1. The Bertz CT molecular complexity index is 1190. The van der Waals surface area contributed by atoms with Crippen molar-refractivity contribution in [2.45, 2.75) is 32.7 Å². The lowest BCUT2D eigenvalue weighted by molar-refractivity contribution is 0.0940. The first kappa shape index (κ1) is 21.6. The fourth-order valence-electron chi connectivity index (χ4n) is 3.80. The Morgan fingerprint density at radius 2 is 1.69 bits per heavy atom. The largest absolute Gasteiger partial charge is 0.494 e. The number of pyridine rings is 1. The molecule has 1 atom stereocenters. The van der Waals surface area contributed by atoms with Crippen molar-refractivity contribution in [1.82, 2.24) is 10.3 Å². The van der Waals surface area contributed by atoms with E-state index in [0.29, 0.717) is 12.2 Å². The van der Waals surface area contributed by atoms with Crippen LogP contribution >= 0.6 is 0 Å². The van der Waals surface area contributed by atoms with E-state index in [9.17, 15) is 4.79 Å². The second-order valence-electron chi connectivity index (χ2n) is 7.93. The average molecular weight is 425 g/mol. The minimum Gasteiger partial charge on any atom is -0.494 e. The predicted octanol–water partition coefficient (Wildman–Crippen LogP) is 6.05. The highest BCUT2D eigenvalue weighted by atomic mass is 16.5. The van der Waals surface area contributed by atoms with E-state index in [1.165, 1.54) is 5.56 Å². The van der Waals surface area contributed by atoms with Crippen LogP contribution in [0.15, 0.2) is 84.9 Å². The Morgan fingerprint density at radius 3 is 2.44 bits per heavy atom. The number of fused-ring (bicyclic) bond motifs is 1. The molecule has 0 aliphatic rings. The summed E-state index contributed by atoms with van der Waals surface area (Å²) in [5.74, 6) is 0.749. The van der Waals surface area contributed by atoms with Gasteiger partial charge in [-0.25, -0.2) is 4.98 Å². The summed E-state index contributed by atoms with van der Waals surface area (Å²) in [6.45, 7) is 4.64. The standard InChI is InChI=1S/C28H28N2O2/c1-3-32-23-17-15-22(16-18-23)27-19-25(24-11-7-8-12-26(24)30-27)28(31)29-20(2)13-14-21-9-5-4-6-10-21/h4-12,15-20H,3,13-14H2,1-2H3,(H,29,31). The fourth-order valence-corrected chi connectivity index (χ4v) is 3.80. The number of benzene rings is 3. The maximum absolute atomic E-state index is 13.2. The van der Waals surface area contributed by atoms with Crippen molar-refractivity contribution in [1.29, 1.82) is 0 Å². The summed E-state index contributed by atoms with van der Waals surface area (Å²) < 4.78 is 5.54. The Morgan fingerprint density at radius 1 is 0.969 bits per heavy atom. The summed E-state index contributed by atoms with van der Waals surface area (Å²) in [7, 11) is 0. The Balaban J connectivity index is 1.57. The van der Waals surface area contributed by atoms with Gasteiger partial charge in [-0.05, 0) is 68.7 Å². The molecule has 0 aliphatic carbocycles. The summed E-state index contributed by atoms with van der Waals surface area (Å²) >= 11 is 0. The number of para-hydroxylation sites is 1. The quantitative estimate of drug-likeness (QED) is 0.374. The zero-order chi connectivity index (χ0) is 22.3. The van der Waals surface area contributed by atoms with Crippen LogP contribution < -0.4 is 10.1 Å². The van der Waals surface area contributed by atoms with Gasteiger partial charge in [0.25, 0.3) is 5.91 Å². The van der Waals surface area contributed by atoms with Crippen molar-refractivity contribution in [3.63, 3.8) is 0 Å². The summed E-state index contributed by atoms with van der Waals surface area (Å²) in [6.07, 6.45) is 1.81. The molecule has 32 heavy (non-hydrogen) atoms. The van der Waals surface area contributed by atoms with Crippen LogP contribution in [0.25, 0.3) is 22.2 Å². The van der Waals surface area contributed by atoms with Gasteiger partial charge in [-0.3, -0.25) is 4.79 Å². The molecule has 0 spiro atoms. The van der Waals surface area contributed by atoms with Crippen molar-refractivity contribution >= 4 is 16.8 Å². The van der Waals surface area contributed by atoms with E-state index < -0.39 is 0 Å². The zero-order valence-corrected chi connectivity index (χ0v) is 18.5. The Kier molecular flexibility index (Phi) is 6.81. The number of aryl methyl sites for hydroxylation is 1. The average Bonchev–Trinajstić information content (AvgIpc) is 2.83. The van der Waals surface area contributed by atoms with Gasteiger partial charge >= 0.3 is 0 Å². The van der Waals surface area contributed by atoms with Crippen molar-refractivity contribution < 1.29 is 9.53 Å². The van der Waals surface area contributed by atoms with E-state index in [1.54, 1.807) is 0 Å². The molecule has 0 saturated carbocycles. The third kappa shape index (κ3) is 5.14. The van der Waals surface area contributed by atoms with E-state index >= 15 is 0 Å². The van der Waals surface area contributed by atoms with Crippen LogP contribution in [0.4, 0.5) is 0 Å². The lowest BCUT2D eigenvalue weighted by atomic mass is 10.0. The molecule has 3 aromatic carbocycles. The lowest BCUT2D eigenvalue weighted by Gasteiger charge is -2.16. The number of carbonyl (C=O) groups excluding carboxylic acids is 1. The summed E-state index contributed by atoms with van der Waals surface area (Å²) in [6, 6.07) is 27.9. The maximum Gasteiger partial charge on any atom is 0.252 e. The van der Waals surface area contributed by atoms with Gasteiger partial charge in [-0.1, -0.05) is 48.5 Å². The van der Waals surface area contributed by atoms with Crippen molar-refractivity contribution in [2.75, 3.05) is 6.61 Å². The maximum atomic E-state index is 13.2. The van der Waals surface area contributed by atoms with Gasteiger partial charge in [0.1, 0.15) is 5.75 Å². The number of amides is 1. The molecule has 4 aromatic rings. The number of hydrogen-bond acceptors (Lipinski definition) is 3. The normalized spacial score (nSPS) is 11.8. The molecule has 0 bridgehead atoms. The van der Waals surface area contributed by atoms with Crippen LogP contribution in [-0.4, -0.2) is 23.5 Å².